The molecule has 1 aliphatic heterocycles. The van der Waals surface area contributed by atoms with Crippen molar-refractivity contribution in [3.63, 3.8) is 0 Å². The van der Waals surface area contributed by atoms with Crippen LogP contribution < -0.4 is 0 Å². The smallest absolute Gasteiger partial charge is 0.325 e. The maximum Gasteiger partial charge on any atom is 0.325 e. The van der Waals surface area contributed by atoms with Crippen LogP contribution in [0.5, 0.6) is 0 Å². The lowest BCUT2D eigenvalue weighted by molar-refractivity contribution is -0.143. The number of methoxy groups -OCH3 is 1. The van der Waals surface area contributed by atoms with Gasteiger partial charge in [0.05, 0.1) is 13.4 Å². The lowest BCUT2D eigenvalue weighted by Gasteiger charge is -2.14. The fourth-order valence-corrected chi connectivity index (χ4v) is 1.90. The first kappa shape index (κ1) is 13.3. The number of likely N-dealkylation sites (N-methyl/N-ethyl adjacent to an activating group) is 1. The van der Waals surface area contributed by atoms with Crippen molar-refractivity contribution in [2.24, 2.45) is 0 Å². The van der Waals surface area contributed by atoms with Crippen LogP contribution in [0.2, 0.25) is 0 Å². The third-order valence-electron chi connectivity index (χ3n) is 2.68. The Morgan fingerprint density at radius 2 is 2.32 bits per heavy atom. The van der Waals surface area contributed by atoms with Gasteiger partial charge in [-0.2, -0.15) is 0 Å². The highest BCUT2D eigenvalue weighted by Crippen LogP contribution is 2.22. The molecule has 1 saturated heterocycles. The van der Waals surface area contributed by atoms with Gasteiger partial charge < -0.3 is 14.1 Å². The van der Waals surface area contributed by atoms with Gasteiger partial charge >= 0.3 is 5.97 Å². The van der Waals surface area contributed by atoms with Gasteiger partial charge in [-0.05, 0) is 24.4 Å². The van der Waals surface area contributed by atoms with E-state index < -0.39 is 5.97 Å². The van der Waals surface area contributed by atoms with Crippen molar-refractivity contribution in [3.8, 4) is 0 Å². The number of carbonyl (C=O) groups is 2. The zero-order chi connectivity index (χ0) is 14.0. The second-order valence-corrected chi connectivity index (χ2v) is 4.22. The average Bonchev–Trinajstić information content (AvgIpc) is 2.97. The molecular weight excluding hydrogens is 268 g/mol. The minimum Gasteiger partial charge on any atom is -0.468 e. The number of furan rings is 1. The van der Waals surface area contributed by atoms with E-state index in [1.54, 1.807) is 25.3 Å². The maximum absolute atomic E-state index is 12.2. The van der Waals surface area contributed by atoms with Crippen molar-refractivity contribution in [1.29, 1.82) is 0 Å². The molecular formula is C12H12N2O4S. The predicted octanol–water partition coefficient (Wildman–Crippen LogP) is 0.852. The molecule has 0 aliphatic carbocycles. The highest BCUT2D eigenvalue weighted by molar-refractivity contribution is 7.80. The molecule has 2 heterocycles. The van der Waals surface area contributed by atoms with E-state index in [1.807, 2.05) is 0 Å². The molecule has 1 aliphatic rings. The predicted molar refractivity (Wildman–Crippen MR) is 70.8 cm³/mol. The lowest BCUT2D eigenvalue weighted by Crippen LogP contribution is -2.36. The monoisotopic (exact) mass is 280 g/mol. The number of hydrogen-bond donors (Lipinski definition) is 0. The number of rotatable bonds is 3. The molecule has 1 amide bonds. The topological polar surface area (TPSA) is 63.0 Å². The van der Waals surface area contributed by atoms with Crippen LogP contribution in [0.25, 0.3) is 6.08 Å². The molecule has 19 heavy (non-hydrogen) atoms. The largest absolute Gasteiger partial charge is 0.468 e. The molecule has 1 fully saturated rings. The van der Waals surface area contributed by atoms with E-state index in [-0.39, 0.29) is 17.6 Å². The molecule has 100 valence electrons. The number of nitrogens with zero attached hydrogens (tertiary/aromatic N) is 2. The van der Waals surface area contributed by atoms with Gasteiger partial charge in [0.15, 0.2) is 5.11 Å². The van der Waals surface area contributed by atoms with E-state index in [0.29, 0.717) is 11.5 Å². The first-order valence-corrected chi connectivity index (χ1v) is 5.87. The Morgan fingerprint density at radius 3 is 2.89 bits per heavy atom. The number of carbonyl (C=O) groups excluding carboxylic acids is 2. The fourth-order valence-electron chi connectivity index (χ4n) is 1.65. The number of amides is 1. The van der Waals surface area contributed by atoms with Crippen LogP contribution in [0, 0.1) is 0 Å². The van der Waals surface area contributed by atoms with E-state index in [1.165, 1.54) is 23.2 Å². The summed E-state index contributed by atoms with van der Waals surface area (Å²) in [7, 11) is 2.92. The average molecular weight is 280 g/mol. The van der Waals surface area contributed by atoms with Crippen LogP contribution in [-0.2, 0) is 14.3 Å². The van der Waals surface area contributed by atoms with Gasteiger partial charge in [-0.3, -0.25) is 14.5 Å². The van der Waals surface area contributed by atoms with Crippen molar-refractivity contribution in [3.05, 3.63) is 29.9 Å². The highest BCUT2D eigenvalue weighted by Gasteiger charge is 2.37. The van der Waals surface area contributed by atoms with Crippen LogP contribution in [-0.4, -0.2) is 47.5 Å². The van der Waals surface area contributed by atoms with Crippen molar-refractivity contribution >= 4 is 35.3 Å². The van der Waals surface area contributed by atoms with E-state index >= 15 is 0 Å². The lowest BCUT2D eigenvalue weighted by atomic mass is 10.3. The summed E-state index contributed by atoms with van der Waals surface area (Å²) in [6.07, 6.45) is 3.09. The molecule has 0 radical (unpaired) electrons. The van der Waals surface area contributed by atoms with Crippen LogP contribution in [0.1, 0.15) is 5.76 Å². The normalized spacial score (nSPS) is 17.5. The standard InChI is InChI=1S/C12H12N2O4S/c1-13-9(6-8-4-3-5-18-8)11(16)14(12(13)19)7-10(15)17-2/h3-6H,7H2,1-2H3/b9-6-. The van der Waals surface area contributed by atoms with Gasteiger partial charge in [0, 0.05) is 13.1 Å². The molecule has 7 heteroatoms. The summed E-state index contributed by atoms with van der Waals surface area (Å²) in [5.41, 5.74) is 0.351. The molecule has 0 saturated carbocycles. The molecule has 2 rings (SSSR count). The van der Waals surface area contributed by atoms with Gasteiger partial charge in [-0.1, -0.05) is 0 Å². The van der Waals surface area contributed by atoms with Gasteiger partial charge in [-0.25, -0.2) is 0 Å². The Labute approximate surface area is 115 Å². The molecule has 0 unspecified atom stereocenters. The molecule has 6 nitrogen and oxygen atoms in total. The molecule has 0 bridgehead atoms. The second kappa shape index (κ2) is 5.23. The van der Waals surface area contributed by atoms with E-state index in [4.69, 9.17) is 16.6 Å². The third-order valence-corrected chi connectivity index (χ3v) is 3.17. The van der Waals surface area contributed by atoms with E-state index in [9.17, 15) is 9.59 Å². The van der Waals surface area contributed by atoms with Crippen LogP contribution >= 0.6 is 12.2 Å². The third kappa shape index (κ3) is 2.50. The molecule has 1 aromatic rings. The van der Waals surface area contributed by atoms with Gasteiger partial charge in [0.2, 0.25) is 0 Å². The Bertz CT molecular complexity index is 550. The second-order valence-electron chi connectivity index (χ2n) is 3.85. The summed E-state index contributed by atoms with van der Waals surface area (Å²) in [4.78, 5) is 26.2. The quantitative estimate of drug-likeness (QED) is 0.465. The van der Waals surface area contributed by atoms with Gasteiger partial charge in [0.1, 0.15) is 18.0 Å². The van der Waals surface area contributed by atoms with Crippen LogP contribution in [0.3, 0.4) is 0 Å². The minimum absolute atomic E-state index is 0.200. The molecule has 1 aromatic heterocycles. The Kier molecular flexibility index (Phi) is 3.66. The summed E-state index contributed by atoms with van der Waals surface area (Å²) in [5, 5.41) is 0.258. The van der Waals surface area contributed by atoms with Crippen molar-refractivity contribution in [2.75, 3.05) is 20.7 Å². The molecule has 0 N–H and O–H groups in total. The number of ether oxygens (including phenoxy) is 1. The molecule has 0 atom stereocenters. The Morgan fingerprint density at radius 1 is 1.58 bits per heavy atom. The summed E-state index contributed by atoms with van der Waals surface area (Å²) in [6, 6.07) is 3.44. The number of esters is 1. The molecule has 0 spiro atoms. The van der Waals surface area contributed by atoms with Crippen LogP contribution in [0.15, 0.2) is 28.5 Å². The number of hydrogen-bond acceptors (Lipinski definition) is 5. The van der Waals surface area contributed by atoms with E-state index in [0.717, 1.165) is 0 Å². The van der Waals surface area contributed by atoms with Gasteiger partial charge in [0.25, 0.3) is 5.91 Å². The first-order valence-electron chi connectivity index (χ1n) is 5.46. The fraction of sp³-hybridized carbons (Fsp3) is 0.250. The summed E-state index contributed by atoms with van der Waals surface area (Å²) in [6.45, 7) is -0.200. The van der Waals surface area contributed by atoms with Crippen molar-refractivity contribution in [1.82, 2.24) is 9.80 Å². The van der Waals surface area contributed by atoms with E-state index in [2.05, 4.69) is 4.74 Å². The highest BCUT2D eigenvalue weighted by atomic mass is 32.1. The number of thiocarbonyl (C=S) groups is 1. The zero-order valence-electron chi connectivity index (χ0n) is 10.5. The first-order chi connectivity index (χ1) is 9.04. The Balaban J connectivity index is 2.26. The van der Waals surface area contributed by atoms with Crippen molar-refractivity contribution in [2.45, 2.75) is 0 Å². The SMILES string of the molecule is COC(=O)CN1C(=O)/C(=C/c2ccco2)N(C)C1=S. The Hall–Kier alpha value is -2.15. The summed E-state index contributed by atoms with van der Waals surface area (Å²) in [5.74, 6) is -0.337. The zero-order valence-corrected chi connectivity index (χ0v) is 11.3. The van der Waals surface area contributed by atoms with Gasteiger partial charge in [-0.15, -0.1) is 0 Å². The summed E-state index contributed by atoms with van der Waals surface area (Å²) < 4.78 is 9.69. The molecule has 0 aromatic carbocycles. The van der Waals surface area contributed by atoms with Crippen molar-refractivity contribution < 1.29 is 18.7 Å². The van der Waals surface area contributed by atoms with Crippen LogP contribution in [0.4, 0.5) is 0 Å². The maximum atomic E-state index is 12.2. The minimum atomic E-state index is -0.525. The summed E-state index contributed by atoms with van der Waals surface area (Å²) >= 11 is 5.13.